The molecule has 0 aliphatic heterocycles. The topological polar surface area (TPSA) is 202 Å². The first-order valence-corrected chi connectivity index (χ1v) is 11.4. The molecule has 0 saturated carbocycles. The summed E-state index contributed by atoms with van der Waals surface area (Å²) in [6.07, 6.45) is -0.199. The van der Waals surface area contributed by atoms with E-state index < -0.39 is 26.7 Å². The predicted octanol–water partition coefficient (Wildman–Crippen LogP) is 4.74. The van der Waals surface area contributed by atoms with Gasteiger partial charge in [0.15, 0.2) is 0 Å². The molecule has 0 aliphatic rings. The van der Waals surface area contributed by atoms with Crippen LogP contribution in [0.4, 0.5) is 17.1 Å². The van der Waals surface area contributed by atoms with E-state index in [1.54, 1.807) is 0 Å². The molecule has 2 atom stereocenters. The molecular formula is C25H26N4O9. The van der Waals surface area contributed by atoms with E-state index in [2.05, 4.69) is 5.32 Å². The number of likely N-dealkylation sites (N-methyl/N-ethyl adjacent to an activating group) is 1. The normalized spacial score (nSPS) is 12.6. The van der Waals surface area contributed by atoms with Gasteiger partial charge in [-0.3, -0.25) is 30.3 Å². The molecule has 2 unspecified atom stereocenters. The zero-order valence-electron chi connectivity index (χ0n) is 21.0. The third-order valence-corrected chi connectivity index (χ3v) is 6.51. The third-order valence-electron chi connectivity index (χ3n) is 6.51. The van der Waals surface area contributed by atoms with E-state index in [4.69, 9.17) is 0 Å². The first kappa shape index (κ1) is 27.8. The fourth-order valence-corrected chi connectivity index (χ4v) is 4.62. The summed E-state index contributed by atoms with van der Waals surface area (Å²) in [7, 11) is 1.49. The number of aryl methyl sites for hydroxylation is 3. The highest BCUT2D eigenvalue weighted by atomic mass is 16.6. The molecule has 0 aliphatic carbocycles. The molecule has 0 saturated heterocycles. The maximum atomic E-state index is 11.6. The van der Waals surface area contributed by atoms with E-state index in [9.17, 15) is 45.7 Å². The van der Waals surface area contributed by atoms with Crippen molar-refractivity contribution in [3.8, 4) is 17.2 Å². The summed E-state index contributed by atoms with van der Waals surface area (Å²) in [4.78, 5) is 32.7. The average Bonchev–Trinajstić information content (AvgIpc) is 2.84. The quantitative estimate of drug-likeness (QED) is 0.223. The predicted molar refractivity (Wildman–Crippen MR) is 137 cm³/mol. The summed E-state index contributed by atoms with van der Waals surface area (Å²) in [6.45, 7) is 4.40. The van der Waals surface area contributed by atoms with Crippen LogP contribution in [-0.4, -0.2) is 37.1 Å². The van der Waals surface area contributed by atoms with Crippen molar-refractivity contribution in [1.82, 2.24) is 5.32 Å². The van der Waals surface area contributed by atoms with Crippen molar-refractivity contribution in [3.63, 3.8) is 0 Å². The van der Waals surface area contributed by atoms with E-state index in [0.717, 1.165) is 18.2 Å². The Bertz CT molecular complexity index is 1460. The number of non-ortho nitro benzene ring substituents is 3. The summed E-state index contributed by atoms with van der Waals surface area (Å²) in [5.41, 5.74) is -0.165. The Morgan fingerprint density at radius 2 is 1.08 bits per heavy atom. The van der Waals surface area contributed by atoms with Gasteiger partial charge in [-0.1, -0.05) is 0 Å². The van der Waals surface area contributed by atoms with Gasteiger partial charge in [0, 0.05) is 65.0 Å². The van der Waals surface area contributed by atoms with E-state index >= 15 is 0 Å². The van der Waals surface area contributed by atoms with Crippen LogP contribution in [0.3, 0.4) is 0 Å². The number of nitrogens with one attached hydrogen (secondary N) is 1. The number of phenolic OH excluding ortho intramolecular Hbond substituents is 3. The van der Waals surface area contributed by atoms with E-state index in [0.29, 0.717) is 0 Å². The Balaban J connectivity index is 2.35. The zero-order chi connectivity index (χ0) is 28.5. The Hall–Kier alpha value is -4.78. The van der Waals surface area contributed by atoms with Gasteiger partial charge >= 0.3 is 0 Å². The van der Waals surface area contributed by atoms with Crippen LogP contribution in [0.1, 0.15) is 45.3 Å². The Morgan fingerprint density at radius 3 is 1.53 bits per heavy atom. The van der Waals surface area contributed by atoms with Gasteiger partial charge in [-0.15, -0.1) is 0 Å². The lowest BCUT2D eigenvalue weighted by atomic mass is 9.80. The summed E-state index contributed by atoms with van der Waals surface area (Å²) >= 11 is 0. The van der Waals surface area contributed by atoms with Gasteiger partial charge in [0.25, 0.3) is 17.1 Å². The largest absolute Gasteiger partial charge is 0.507 e. The molecule has 0 fully saturated rings. The fourth-order valence-electron chi connectivity index (χ4n) is 4.62. The highest BCUT2D eigenvalue weighted by Gasteiger charge is 2.33. The molecule has 13 heteroatoms. The van der Waals surface area contributed by atoms with Crippen molar-refractivity contribution in [1.29, 1.82) is 0 Å². The molecule has 0 radical (unpaired) electrons. The maximum absolute atomic E-state index is 11.6. The van der Waals surface area contributed by atoms with Gasteiger partial charge in [-0.2, -0.15) is 0 Å². The van der Waals surface area contributed by atoms with Crippen LogP contribution in [0.2, 0.25) is 0 Å². The SMILES string of the molecule is CNC(c1cc([N+](=O)[O-])cc(C)c1O)C(Cc1cc([N+](=O)[O-])cc(C)c1O)c1cc([N+](=O)[O-])cc(C)c1O. The van der Waals surface area contributed by atoms with Crippen molar-refractivity contribution in [3.05, 3.63) is 100 Å². The lowest BCUT2D eigenvalue weighted by Crippen LogP contribution is -2.26. The van der Waals surface area contributed by atoms with E-state index in [1.807, 2.05) is 0 Å². The highest BCUT2D eigenvalue weighted by Crippen LogP contribution is 2.46. The van der Waals surface area contributed by atoms with Crippen molar-refractivity contribution in [2.24, 2.45) is 0 Å². The molecule has 4 N–H and O–H groups in total. The van der Waals surface area contributed by atoms with Gasteiger partial charge in [0.2, 0.25) is 0 Å². The number of hydrogen-bond donors (Lipinski definition) is 4. The molecular weight excluding hydrogens is 500 g/mol. The van der Waals surface area contributed by atoms with Crippen LogP contribution in [0.5, 0.6) is 17.2 Å². The Kier molecular flexibility index (Phi) is 7.82. The number of aromatic hydroxyl groups is 3. The van der Waals surface area contributed by atoms with Crippen LogP contribution in [-0.2, 0) is 6.42 Å². The number of benzene rings is 3. The minimum Gasteiger partial charge on any atom is -0.507 e. The van der Waals surface area contributed by atoms with E-state index in [1.165, 1.54) is 46.0 Å². The number of nitrogens with zero attached hydrogens (tertiary/aromatic N) is 3. The smallest absolute Gasteiger partial charge is 0.270 e. The molecule has 3 aromatic carbocycles. The number of rotatable bonds is 9. The number of nitro groups is 3. The first-order chi connectivity index (χ1) is 17.8. The van der Waals surface area contributed by atoms with Crippen LogP contribution in [0, 0.1) is 51.1 Å². The lowest BCUT2D eigenvalue weighted by Gasteiger charge is -2.30. The fraction of sp³-hybridized carbons (Fsp3) is 0.280. The minimum atomic E-state index is -1.00. The number of phenols is 3. The lowest BCUT2D eigenvalue weighted by molar-refractivity contribution is -0.385. The summed E-state index contributed by atoms with van der Waals surface area (Å²) in [5.74, 6) is -1.83. The van der Waals surface area contributed by atoms with Crippen molar-refractivity contribution in [2.75, 3.05) is 7.05 Å². The second-order valence-corrected chi connectivity index (χ2v) is 9.02. The third kappa shape index (κ3) is 5.32. The molecule has 0 spiro atoms. The van der Waals surface area contributed by atoms with Crippen LogP contribution >= 0.6 is 0 Å². The number of hydrogen-bond acceptors (Lipinski definition) is 10. The monoisotopic (exact) mass is 526 g/mol. The van der Waals surface area contributed by atoms with Crippen molar-refractivity contribution in [2.45, 2.75) is 39.2 Å². The summed E-state index contributed by atoms with van der Waals surface area (Å²) in [5, 5.41) is 70.2. The molecule has 0 heterocycles. The van der Waals surface area contributed by atoms with Gasteiger partial charge in [0.05, 0.1) is 14.8 Å². The van der Waals surface area contributed by atoms with Crippen molar-refractivity contribution >= 4 is 17.1 Å². The zero-order valence-corrected chi connectivity index (χ0v) is 21.0. The average molecular weight is 527 g/mol. The maximum Gasteiger partial charge on any atom is 0.270 e. The molecule has 200 valence electrons. The molecule has 3 aromatic rings. The second-order valence-electron chi connectivity index (χ2n) is 9.02. The van der Waals surface area contributed by atoms with Crippen LogP contribution in [0.25, 0.3) is 0 Å². The summed E-state index contributed by atoms with van der Waals surface area (Å²) < 4.78 is 0. The van der Waals surface area contributed by atoms with Gasteiger partial charge in [0.1, 0.15) is 17.2 Å². The second kappa shape index (κ2) is 10.7. The van der Waals surface area contributed by atoms with Crippen LogP contribution < -0.4 is 5.32 Å². The standard InChI is InChI=1S/C25H26N4O9/c1-12-5-16(27(33)34)8-15(23(12)30)9-19(20-10-17(28(35)36)6-13(2)24(20)31)22(26-4)21-11-18(29(37)38)7-14(3)25(21)32/h5-8,10-11,19,22,26,30-32H,9H2,1-4H3. The van der Waals surface area contributed by atoms with Gasteiger partial charge in [-0.25, -0.2) is 0 Å². The molecule has 0 amide bonds. The minimum absolute atomic E-state index is 0.0446. The molecule has 38 heavy (non-hydrogen) atoms. The van der Waals surface area contributed by atoms with Crippen molar-refractivity contribution < 1.29 is 30.1 Å². The van der Waals surface area contributed by atoms with Gasteiger partial charge in [-0.05, 0) is 50.9 Å². The molecule has 0 aromatic heterocycles. The first-order valence-electron chi connectivity index (χ1n) is 11.4. The Labute approximate surface area is 216 Å². The van der Waals surface area contributed by atoms with Crippen LogP contribution in [0.15, 0.2) is 36.4 Å². The Morgan fingerprint density at radius 1 is 0.684 bits per heavy atom. The summed E-state index contributed by atoms with van der Waals surface area (Å²) in [6, 6.07) is 5.99. The molecule has 0 bridgehead atoms. The van der Waals surface area contributed by atoms with E-state index in [-0.39, 0.29) is 74.1 Å². The van der Waals surface area contributed by atoms with Gasteiger partial charge < -0.3 is 20.6 Å². The molecule has 3 rings (SSSR count). The highest BCUT2D eigenvalue weighted by molar-refractivity contribution is 5.56. The number of nitro benzene ring substituents is 3. The molecule has 13 nitrogen and oxygen atoms in total.